The number of thiophene rings is 1. The van der Waals surface area contributed by atoms with Gasteiger partial charge in [-0.1, -0.05) is 18.2 Å². The first-order chi connectivity index (χ1) is 9.63. The Labute approximate surface area is 123 Å². The van der Waals surface area contributed by atoms with E-state index >= 15 is 0 Å². The van der Waals surface area contributed by atoms with Crippen LogP contribution < -0.4 is 5.73 Å². The molecule has 0 bridgehead atoms. The largest absolute Gasteiger partial charge is 0.324 e. The quantitative estimate of drug-likeness (QED) is 0.783. The smallest absolute Gasteiger partial charge is 0.0379 e. The molecule has 2 aromatic heterocycles. The lowest BCUT2D eigenvalue weighted by Gasteiger charge is -2.13. The molecular formula is C17H18N2S. The summed E-state index contributed by atoms with van der Waals surface area (Å²) in [6.07, 6.45) is 0.868. The van der Waals surface area contributed by atoms with Crippen LogP contribution in [0.1, 0.15) is 28.6 Å². The highest BCUT2D eigenvalue weighted by Gasteiger charge is 2.11. The van der Waals surface area contributed by atoms with Gasteiger partial charge >= 0.3 is 0 Å². The number of aryl methyl sites for hydroxylation is 2. The summed E-state index contributed by atoms with van der Waals surface area (Å²) >= 11 is 1.79. The standard InChI is InChI=1S/C17H18N2S/c1-11-7-13(8-12(2)19-11)16(18)9-14-10-20-17-6-4-3-5-15(14)17/h3-8,10,16H,9,18H2,1-2H3. The van der Waals surface area contributed by atoms with Gasteiger partial charge in [-0.25, -0.2) is 0 Å². The molecule has 0 saturated carbocycles. The van der Waals surface area contributed by atoms with Crippen molar-refractivity contribution in [3.63, 3.8) is 0 Å². The Kier molecular flexibility index (Phi) is 3.55. The minimum Gasteiger partial charge on any atom is -0.324 e. The first-order valence-corrected chi connectivity index (χ1v) is 7.67. The lowest BCUT2D eigenvalue weighted by Crippen LogP contribution is -2.14. The fourth-order valence-electron chi connectivity index (χ4n) is 2.63. The number of pyridine rings is 1. The zero-order valence-electron chi connectivity index (χ0n) is 11.8. The van der Waals surface area contributed by atoms with Crippen molar-refractivity contribution >= 4 is 21.4 Å². The maximum absolute atomic E-state index is 6.39. The molecule has 1 unspecified atom stereocenters. The molecule has 0 amide bonds. The van der Waals surface area contributed by atoms with Crippen LogP contribution in [0.3, 0.4) is 0 Å². The minimum atomic E-state index is 0.0217. The van der Waals surface area contributed by atoms with Gasteiger partial charge in [0.25, 0.3) is 0 Å². The van der Waals surface area contributed by atoms with E-state index in [-0.39, 0.29) is 6.04 Å². The van der Waals surface area contributed by atoms with Crippen molar-refractivity contribution in [1.29, 1.82) is 0 Å². The molecular weight excluding hydrogens is 264 g/mol. The number of nitrogens with two attached hydrogens (primary N) is 1. The van der Waals surface area contributed by atoms with Gasteiger partial charge in [-0.3, -0.25) is 4.98 Å². The van der Waals surface area contributed by atoms with Gasteiger partial charge in [0.15, 0.2) is 0 Å². The van der Waals surface area contributed by atoms with Crippen molar-refractivity contribution in [3.8, 4) is 0 Å². The van der Waals surface area contributed by atoms with Crippen molar-refractivity contribution in [2.75, 3.05) is 0 Å². The molecule has 20 heavy (non-hydrogen) atoms. The Morgan fingerprint density at radius 1 is 1.15 bits per heavy atom. The van der Waals surface area contributed by atoms with Gasteiger partial charge in [-0.2, -0.15) is 0 Å². The summed E-state index contributed by atoms with van der Waals surface area (Å²) in [5.74, 6) is 0. The molecule has 2 N–H and O–H groups in total. The number of nitrogens with zero attached hydrogens (tertiary/aromatic N) is 1. The highest BCUT2D eigenvalue weighted by molar-refractivity contribution is 7.17. The predicted molar refractivity (Wildman–Crippen MR) is 86.2 cm³/mol. The third-order valence-electron chi connectivity index (χ3n) is 3.53. The number of aromatic nitrogens is 1. The SMILES string of the molecule is Cc1cc(C(N)Cc2csc3ccccc23)cc(C)n1. The molecule has 0 saturated heterocycles. The summed E-state index contributed by atoms with van der Waals surface area (Å²) in [6, 6.07) is 12.7. The second kappa shape index (κ2) is 5.35. The molecule has 3 aromatic rings. The third kappa shape index (κ3) is 2.60. The fraction of sp³-hybridized carbons (Fsp3) is 0.235. The Morgan fingerprint density at radius 2 is 1.85 bits per heavy atom. The molecule has 1 aromatic carbocycles. The van der Waals surface area contributed by atoms with E-state index in [0.29, 0.717) is 0 Å². The van der Waals surface area contributed by atoms with Crippen LogP contribution >= 0.6 is 11.3 Å². The summed E-state index contributed by atoms with van der Waals surface area (Å²) in [5.41, 5.74) is 11.0. The highest BCUT2D eigenvalue weighted by atomic mass is 32.1. The molecule has 2 nitrogen and oxygen atoms in total. The van der Waals surface area contributed by atoms with Crippen molar-refractivity contribution in [2.24, 2.45) is 5.73 Å². The van der Waals surface area contributed by atoms with Crippen LogP contribution in [0.5, 0.6) is 0 Å². The van der Waals surface area contributed by atoms with E-state index in [4.69, 9.17) is 5.73 Å². The topological polar surface area (TPSA) is 38.9 Å². The van der Waals surface area contributed by atoms with Crippen molar-refractivity contribution in [1.82, 2.24) is 4.98 Å². The van der Waals surface area contributed by atoms with E-state index in [1.165, 1.54) is 21.2 Å². The molecule has 3 rings (SSSR count). The summed E-state index contributed by atoms with van der Waals surface area (Å²) in [5, 5.41) is 3.56. The Hall–Kier alpha value is -1.71. The first-order valence-electron chi connectivity index (χ1n) is 6.79. The van der Waals surface area contributed by atoms with E-state index in [1.807, 2.05) is 13.8 Å². The van der Waals surface area contributed by atoms with Crippen LogP contribution in [-0.2, 0) is 6.42 Å². The van der Waals surface area contributed by atoms with Gasteiger partial charge < -0.3 is 5.73 Å². The van der Waals surface area contributed by atoms with Crippen LogP contribution in [0.4, 0.5) is 0 Å². The van der Waals surface area contributed by atoms with Gasteiger partial charge in [-0.15, -0.1) is 11.3 Å². The number of benzene rings is 1. The normalized spacial score (nSPS) is 12.8. The molecule has 102 valence electrons. The van der Waals surface area contributed by atoms with Crippen molar-refractivity contribution < 1.29 is 0 Å². The Balaban J connectivity index is 1.90. The molecule has 0 radical (unpaired) electrons. The highest BCUT2D eigenvalue weighted by Crippen LogP contribution is 2.29. The predicted octanol–water partition coefficient (Wildman–Crippen LogP) is 4.16. The van der Waals surface area contributed by atoms with E-state index in [0.717, 1.165) is 17.8 Å². The molecule has 0 aliphatic rings. The lowest BCUT2D eigenvalue weighted by molar-refractivity contribution is 0.722. The monoisotopic (exact) mass is 282 g/mol. The van der Waals surface area contributed by atoms with Crippen LogP contribution in [0.15, 0.2) is 41.8 Å². The first kappa shape index (κ1) is 13.3. The molecule has 0 fully saturated rings. The number of rotatable bonds is 3. The van der Waals surface area contributed by atoms with E-state index in [2.05, 4.69) is 46.8 Å². The molecule has 0 spiro atoms. The van der Waals surface area contributed by atoms with E-state index < -0.39 is 0 Å². The van der Waals surface area contributed by atoms with E-state index in [1.54, 1.807) is 11.3 Å². The van der Waals surface area contributed by atoms with Crippen LogP contribution in [0.25, 0.3) is 10.1 Å². The summed E-state index contributed by atoms with van der Waals surface area (Å²) in [6.45, 7) is 4.03. The second-order valence-corrected chi connectivity index (χ2v) is 6.16. The average molecular weight is 282 g/mol. The van der Waals surface area contributed by atoms with Gasteiger partial charge in [0.2, 0.25) is 0 Å². The van der Waals surface area contributed by atoms with Gasteiger partial charge in [0.05, 0.1) is 0 Å². The third-order valence-corrected chi connectivity index (χ3v) is 4.55. The Morgan fingerprint density at radius 3 is 2.60 bits per heavy atom. The van der Waals surface area contributed by atoms with Crippen LogP contribution in [-0.4, -0.2) is 4.98 Å². The zero-order chi connectivity index (χ0) is 14.1. The van der Waals surface area contributed by atoms with Crippen molar-refractivity contribution in [3.05, 3.63) is 64.3 Å². The number of hydrogen-bond acceptors (Lipinski definition) is 3. The molecule has 0 aliphatic heterocycles. The van der Waals surface area contributed by atoms with Gasteiger partial charge in [0.1, 0.15) is 0 Å². The average Bonchev–Trinajstić information content (AvgIpc) is 2.81. The summed E-state index contributed by atoms with van der Waals surface area (Å²) in [7, 11) is 0. The number of fused-ring (bicyclic) bond motifs is 1. The fourth-order valence-corrected chi connectivity index (χ4v) is 3.60. The Bertz CT molecular complexity index is 725. The molecule has 0 aliphatic carbocycles. The minimum absolute atomic E-state index is 0.0217. The molecule has 2 heterocycles. The second-order valence-electron chi connectivity index (χ2n) is 5.25. The van der Waals surface area contributed by atoms with Gasteiger partial charge in [0, 0.05) is 22.1 Å². The van der Waals surface area contributed by atoms with Crippen molar-refractivity contribution in [2.45, 2.75) is 26.3 Å². The summed E-state index contributed by atoms with van der Waals surface area (Å²) in [4.78, 5) is 4.41. The van der Waals surface area contributed by atoms with Gasteiger partial charge in [-0.05, 0) is 60.4 Å². The van der Waals surface area contributed by atoms with Crippen LogP contribution in [0, 0.1) is 13.8 Å². The molecule has 3 heteroatoms. The molecule has 1 atom stereocenters. The maximum Gasteiger partial charge on any atom is 0.0379 e. The number of hydrogen-bond donors (Lipinski definition) is 1. The lowest BCUT2D eigenvalue weighted by atomic mass is 9.99. The maximum atomic E-state index is 6.39. The zero-order valence-corrected chi connectivity index (χ0v) is 12.6. The van der Waals surface area contributed by atoms with E-state index in [9.17, 15) is 0 Å². The van der Waals surface area contributed by atoms with Crippen LogP contribution in [0.2, 0.25) is 0 Å². The summed E-state index contributed by atoms with van der Waals surface area (Å²) < 4.78 is 1.33.